The summed E-state index contributed by atoms with van der Waals surface area (Å²) >= 11 is 0. The standard InChI is InChI=1S/C19H25N3O2.HI/c1-4-13(2)15-6-8-16(9-7-15)22-19(20)21-12-14-5-10-18(24-3)17(23)11-14;/h5-11,13,23H,4,12H2,1-3H3,(H3,20,21,22);1H. The maximum absolute atomic E-state index is 9.76. The van der Waals surface area contributed by atoms with Gasteiger partial charge in [-0.2, -0.15) is 0 Å². The number of methoxy groups -OCH3 is 1. The molecule has 2 aromatic carbocycles. The summed E-state index contributed by atoms with van der Waals surface area (Å²) in [6.45, 7) is 4.77. The number of nitrogens with zero attached hydrogens (tertiary/aromatic N) is 1. The van der Waals surface area contributed by atoms with Gasteiger partial charge in [0, 0.05) is 5.69 Å². The van der Waals surface area contributed by atoms with E-state index in [1.807, 2.05) is 18.2 Å². The lowest BCUT2D eigenvalue weighted by Crippen LogP contribution is -2.22. The molecule has 5 nitrogen and oxygen atoms in total. The van der Waals surface area contributed by atoms with Crippen molar-refractivity contribution < 1.29 is 9.84 Å². The van der Waals surface area contributed by atoms with E-state index >= 15 is 0 Å². The third-order valence-electron chi connectivity index (χ3n) is 4.04. The van der Waals surface area contributed by atoms with Gasteiger partial charge in [-0.3, -0.25) is 0 Å². The van der Waals surface area contributed by atoms with Crippen LogP contribution >= 0.6 is 24.0 Å². The van der Waals surface area contributed by atoms with E-state index in [0.717, 1.165) is 17.7 Å². The maximum Gasteiger partial charge on any atom is 0.193 e. The van der Waals surface area contributed by atoms with Crippen molar-refractivity contribution in [2.45, 2.75) is 32.7 Å². The average molecular weight is 455 g/mol. The van der Waals surface area contributed by atoms with Crippen LogP contribution in [-0.2, 0) is 6.54 Å². The molecule has 25 heavy (non-hydrogen) atoms. The molecular formula is C19H26IN3O2. The first kappa shape index (κ1) is 21.1. The SMILES string of the molecule is CCC(C)c1ccc(NC(N)=NCc2ccc(OC)c(O)c2)cc1.I. The first-order chi connectivity index (χ1) is 11.5. The van der Waals surface area contributed by atoms with Crippen LogP contribution in [0.5, 0.6) is 11.5 Å². The van der Waals surface area contributed by atoms with Crippen molar-refractivity contribution in [1.82, 2.24) is 0 Å². The van der Waals surface area contributed by atoms with Gasteiger partial charge in [0.1, 0.15) is 0 Å². The number of phenolic OH excluding ortho intramolecular Hbond substituents is 1. The second-order valence-electron chi connectivity index (χ2n) is 5.76. The van der Waals surface area contributed by atoms with E-state index in [4.69, 9.17) is 10.5 Å². The third-order valence-corrected chi connectivity index (χ3v) is 4.04. The van der Waals surface area contributed by atoms with Crippen molar-refractivity contribution in [3.8, 4) is 11.5 Å². The molecule has 6 heteroatoms. The Labute approximate surface area is 166 Å². The third kappa shape index (κ3) is 6.12. The highest BCUT2D eigenvalue weighted by atomic mass is 127. The molecule has 2 rings (SSSR count). The Morgan fingerprint density at radius 3 is 2.48 bits per heavy atom. The van der Waals surface area contributed by atoms with E-state index in [0.29, 0.717) is 24.2 Å². The van der Waals surface area contributed by atoms with Crippen LogP contribution in [0, 0.1) is 0 Å². The number of aliphatic imine (C=N–C) groups is 1. The van der Waals surface area contributed by atoms with E-state index in [2.05, 4.69) is 36.3 Å². The van der Waals surface area contributed by atoms with E-state index in [1.54, 1.807) is 12.1 Å². The number of hydrogen-bond donors (Lipinski definition) is 3. The normalized spacial score (nSPS) is 12.2. The molecule has 4 N–H and O–H groups in total. The minimum absolute atomic E-state index is 0. The lowest BCUT2D eigenvalue weighted by Gasteiger charge is -2.11. The highest BCUT2D eigenvalue weighted by Gasteiger charge is 2.04. The molecule has 0 spiro atoms. The van der Waals surface area contributed by atoms with Crippen molar-refractivity contribution in [3.63, 3.8) is 0 Å². The van der Waals surface area contributed by atoms with Crippen molar-refractivity contribution in [2.24, 2.45) is 10.7 Å². The largest absolute Gasteiger partial charge is 0.504 e. The number of rotatable bonds is 6. The van der Waals surface area contributed by atoms with E-state index in [1.165, 1.54) is 12.7 Å². The second-order valence-corrected chi connectivity index (χ2v) is 5.76. The van der Waals surface area contributed by atoms with Gasteiger partial charge in [-0.25, -0.2) is 4.99 Å². The van der Waals surface area contributed by atoms with Crippen molar-refractivity contribution in [3.05, 3.63) is 53.6 Å². The number of anilines is 1. The predicted octanol–water partition coefficient (Wildman–Crippen LogP) is 4.46. The number of nitrogens with two attached hydrogens (primary N) is 1. The number of guanidine groups is 1. The molecule has 0 aromatic heterocycles. The summed E-state index contributed by atoms with van der Waals surface area (Å²) in [4.78, 5) is 4.29. The molecule has 0 bridgehead atoms. The van der Waals surface area contributed by atoms with Gasteiger partial charge >= 0.3 is 0 Å². The van der Waals surface area contributed by atoms with Crippen molar-refractivity contribution >= 4 is 35.6 Å². The van der Waals surface area contributed by atoms with Gasteiger partial charge in [0.25, 0.3) is 0 Å². The van der Waals surface area contributed by atoms with Crippen LogP contribution < -0.4 is 15.8 Å². The zero-order valence-electron chi connectivity index (χ0n) is 14.8. The molecule has 0 fully saturated rings. The molecule has 0 aliphatic rings. The van der Waals surface area contributed by atoms with E-state index in [9.17, 15) is 5.11 Å². The van der Waals surface area contributed by atoms with Gasteiger partial charge in [-0.1, -0.05) is 32.0 Å². The Kier molecular flexibility index (Phi) is 8.54. The molecule has 2 aromatic rings. The van der Waals surface area contributed by atoms with Gasteiger partial charge in [-0.15, -0.1) is 24.0 Å². The molecule has 0 saturated carbocycles. The molecule has 1 atom stereocenters. The van der Waals surface area contributed by atoms with Crippen LogP contribution in [0.2, 0.25) is 0 Å². The van der Waals surface area contributed by atoms with Crippen molar-refractivity contribution in [2.75, 3.05) is 12.4 Å². The number of hydrogen-bond acceptors (Lipinski definition) is 3. The Morgan fingerprint density at radius 1 is 1.24 bits per heavy atom. The van der Waals surface area contributed by atoms with Crippen molar-refractivity contribution in [1.29, 1.82) is 0 Å². The fourth-order valence-corrected chi connectivity index (χ4v) is 2.33. The Bertz CT molecular complexity index is 702. The molecule has 0 radical (unpaired) electrons. The second kappa shape index (κ2) is 10.1. The molecule has 0 amide bonds. The minimum Gasteiger partial charge on any atom is -0.504 e. The topological polar surface area (TPSA) is 79.9 Å². The van der Waals surface area contributed by atoms with Gasteiger partial charge in [-0.05, 0) is 47.7 Å². The molecule has 1 unspecified atom stereocenters. The van der Waals surface area contributed by atoms with Gasteiger partial charge < -0.3 is 20.9 Å². The number of phenols is 1. The first-order valence-electron chi connectivity index (χ1n) is 8.06. The summed E-state index contributed by atoms with van der Waals surface area (Å²) in [5, 5.41) is 12.8. The summed E-state index contributed by atoms with van der Waals surface area (Å²) in [6, 6.07) is 13.4. The van der Waals surface area contributed by atoms with Crippen LogP contribution in [0.15, 0.2) is 47.5 Å². The highest BCUT2D eigenvalue weighted by Crippen LogP contribution is 2.26. The van der Waals surface area contributed by atoms with Crippen LogP contribution in [0.3, 0.4) is 0 Å². The number of nitrogens with one attached hydrogen (secondary N) is 1. The Hall–Kier alpha value is -1.96. The summed E-state index contributed by atoms with van der Waals surface area (Å²) < 4.78 is 5.02. The van der Waals surface area contributed by atoms with Crippen LogP contribution in [0.4, 0.5) is 5.69 Å². The lowest BCUT2D eigenvalue weighted by atomic mass is 9.99. The van der Waals surface area contributed by atoms with Crippen LogP contribution in [-0.4, -0.2) is 18.2 Å². The Balaban J connectivity index is 0.00000312. The summed E-state index contributed by atoms with van der Waals surface area (Å²) in [5.74, 6) is 1.42. The smallest absolute Gasteiger partial charge is 0.193 e. The Morgan fingerprint density at radius 2 is 1.92 bits per heavy atom. The molecule has 0 saturated heterocycles. The molecule has 0 heterocycles. The van der Waals surface area contributed by atoms with Crippen LogP contribution in [0.1, 0.15) is 37.3 Å². The maximum atomic E-state index is 9.76. The molecular weight excluding hydrogens is 429 g/mol. The fourth-order valence-electron chi connectivity index (χ4n) is 2.33. The number of benzene rings is 2. The van der Waals surface area contributed by atoms with E-state index in [-0.39, 0.29) is 29.7 Å². The lowest BCUT2D eigenvalue weighted by molar-refractivity contribution is 0.373. The summed E-state index contributed by atoms with van der Waals surface area (Å²) in [7, 11) is 1.52. The van der Waals surface area contributed by atoms with Gasteiger partial charge in [0.15, 0.2) is 17.5 Å². The molecule has 0 aliphatic heterocycles. The van der Waals surface area contributed by atoms with Gasteiger partial charge in [0.05, 0.1) is 13.7 Å². The van der Waals surface area contributed by atoms with E-state index < -0.39 is 0 Å². The van der Waals surface area contributed by atoms with Gasteiger partial charge in [0.2, 0.25) is 0 Å². The summed E-state index contributed by atoms with van der Waals surface area (Å²) in [6.07, 6.45) is 1.12. The molecule has 136 valence electrons. The minimum atomic E-state index is 0. The fraction of sp³-hybridized carbons (Fsp3) is 0.316. The number of halogens is 1. The first-order valence-corrected chi connectivity index (χ1v) is 8.06. The predicted molar refractivity (Wildman–Crippen MR) is 114 cm³/mol. The summed E-state index contributed by atoms with van der Waals surface area (Å²) in [5.41, 5.74) is 8.99. The van der Waals surface area contributed by atoms with Crippen LogP contribution in [0.25, 0.3) is 0 Å². The number of aromatic hydroxyl groups is 1. The zero-order valence-corrected chi connectivity index (χ0v) is 17.2. The zero-order chi connectivity index (χ0) is 17.5. The molecule has 0 aliphatic carbocycles. The average Bonchev–Trinajstić information content (AvgIpc) is 2.60. The monoisotopic (exact) mass is 455 g/mol. The quantitative estimate of drug-likeness (QED) is 0.342. The number of ether oxygens (including phenoxy) is 1. The highest BCUT2D eigenvalue weighted by molar-refractivity contribution is 14.0.